The van der Waals surface area contributed by atoms with E-state index >= 15 is 0 Å². The van der Waals surface area contributed by atoms with Gasteiger partial charge < -0.3 is 20.2 Å². The molecule has 2 rings (SSSR count). The second-order valence-electron chi connectivity index (χ2n) is 4.19. The van der Waals surface area contributed by atoms with Crippen LogP contribution >= 0.6 is 0 Å². The fourth-order valence-electron chi connectivity index (χ4n) is 1.78. The van der Waals surface area contributed by atoms with Gasteiger partial charge in [0, 0.05) is 6.54 Å². The van der Waals surface area contributed by atoms with E-state index in [4.69, 9.17) is 15.3 Å². The van der Waals surface area contributed by atoms with Crippen molar-refractivity contribution in [2.24, 2.45) is 5.84 Å². The van der Waals surface area contributed by atoms with Gasteiger partial charge in [0.2, 0.25) is 5.75 Å². The van der Waals surface area contributed by atoms with Crippen molar-refractivity contribution in [3.8, 4) is 11.5 Å². The quantitative estimate of drug-likeness (QED) is 0.386. The Balaban J connectivity index is 1.78. The maximum Gasteiger partial charge on any atom is 0.205 e. The molecule has 112 valence electrons. The molecular formula is C14H19N5O2. The Hall–Kier alpha value is -2.54. The molecule has 0 aliphatic heterocycles. The molecule has 0 aliphatic carbocycles. The predicted molar refractivity (Wildman–Crippen MR) is 81.4 cm³/mol. The van der Waals surface area contributed by atoms with E-state index in [1.54, 1.807) is 7.11 Å². The maximum atomic E-state index is 5.61. The van der Waals surface area contributed by atoms with E-state index in [2.05, 4.69) is 20.7 Å². The number of aromatic nitrogens is 2. The molecule has 0 atom stereocenters. The van der Waals surface area contributed by atoms with Crippen molar-refractivity contribution in [2.75, 3.05) is 31.0 Å². The summed E-state index contributed by atoms with van der Waals surface area (Å²) in [5.74, 6) is 7.76. The van der Waals surface area contributed by atoms with Crippen LogP contribution < -0.4 is 26.1 Å². The van der Waals surface area contributed by atoms with Gasteiger partial charge in [-0.1, -0.05) is 18.2 Å². The van der Waals surface area contributed by atoms with Crippen LogP contribution in [-0.4, -0.2) is 30.2 Å². The second kappa shape index (κ2) is 7.91. The molecule has 0 spiro atoms. The Labute approximate surface area is 123 Å². The maximum absolute atomic E-state index is 5.61. The first-order valence-electron chi connectivity index (χ1n) is 6.62. The van der Waals surface area contributed by atoms with Crippen molar-refractivity contribution >= 4 is 11.6 Å². The lowest BCUT2D eigenvalue weighted by Gasteiger charge is -2.12. The smallest absolute Gasteiger partial charge is 0.205 e. The summed E-state index contributed by atoms with van der Waals surface area (Å²) in [6.07, 6.45) is 2.24. The molecule has 21 heavy (non-hydrogen) atoms. The molecule has 0 fully saturated rings. The van der Waals surface area contributed by atoms with Gasteiger partial charge in [-0.15, -0.1) is 0 Å². The minimum atomic E-state index is 0.440. The monoisotopic (exact) mass is 289 g/mol. The first-order chi connectivity index (χ1) is 10.3. The van der Waals surface area contributed by atoms with Gasteiger partial charge in [-0.25, -0.2) is 15.8 Å². The normalized spacial score (nSPS) is 10.0. The van der Waals surface area contributed by atoms with E-state index in [1.807, 2.05) is 30.3 Å². The van der Waals surface area contributed by atoms with Crippen LogP contribution in [0.25, 0.3) is 0 Å². The number of hydrogen-bond donors (Lipinski definition) is 3. The summed E-state index contributed by atoms with van der Waals surface area (Å²) in [4.78, 5) is 8.11. The first kappa shape index (κ1) is 14.9. The molecule has 7 nitrogen and oxygen atoms in total. The van der Waals surface area contributed by atoms with Crippen LogP contribution in [0.1, 0.15) is 6.42 Å². The van der Waals surface area contributed by atoms with Crippen molar-refractivity contribution < 1.29 is 9.47 Å². The number of nitrogens with two attached hydrogens (primary N) is 1. The zero-order chi connectivity index (χ0) is 14.9. The molecule has 4 N–H and O–H groups in total. The average molecular weight is 289 g/mol. The predicted octanol–water partition coefficient (Wildman–Crippen LogP) is 1.65. The third-order valence-corrected chi connectivity index (χ3v) is 2.77. The van der Waals surface area contributed by atoms with Crippen LogP contribution in [0.5, 0.6) is 11.5 Å². The standard InChI is InChI=1S/C14H19N5O2/c1-20-12-13(17-10-18-14(12)19-15)16-8-5-9-21-11-6-3-2-4-7-11/h2-4,6-7,10H,5,8-9,15H2,1H3,(H2,16,17,18,19). The summed E-state index contributed by atoms with van der Waals surface area (Å²) in [5, 5.41) is 3.17. The fraction of sp³-hybridized carbons (Fsp3) is 0.286. The summed E-state index contributed by atoms with van der Waals surface area (Å²) < 4.78 is 10.8. The summed E-state index contributed by atoms with van der Waals surface area (Å²) in [5.41, 5.74) is 2.47. The molecule has 1 aromatic heterocycles. The number of nitrogens with one attached hydrogen (secondary N) is 2. The van der Waals surface area contributed by atoms with E-state index in [0.29, 0.717) is 30.5 Å². The summed E-state index contributed by atoms with van der Waals surface area (Å²) in [7, 11) is 1.54. The average Bonchev–Trinajstić information content (AvgIpc) is 2.55. The highest BCUT2D eigenvalue weighted by Crippen LogP contribution is 2.27. The summed E-state index contributed by atoms with van der Waals surface area (Å²) in [6, 6.07) is 9.71. The van der Waals surface area contributed by atoms with Crippen LogP contribution in [-0.2, 0) is 0 Å². The molecule has 0 saturated heterocycles. The lowest BCUT2D eigenvalue weighted by molar-refractivity contribution is 0.315. The number of benzene rings is 1. The van der Waals surface area contributed by atoms with Gasteiger partial charge in [0.15, 0.2) is 11.6 Å². The molecule has 7 heteroatoms. The van der Waals surface area contributed by atoms with E-state index in [-0.39, 0.29) is 0 Å². The third-order valence-electron chi connectivity index (χ3n) is 2.77. The number of nitrogens with zero attached hydrogens (tertiary/aromatic N) is 2. The van der Waals surface area contributed by atoms with Crippen molar-refractivity contribution in [2.45, 2.75) is 6.42 Å². The first-order valence-corrected chi connectivity index (χ1v) is 6.62. The van der Waals surface area contributed by atoms with Crippen molar-refractivity contribution in [1.29, 1.82) is 0 Å². The number of ether oxygens (including phenoxy) is 2. The number of rotatable bonds is 8. The Morgan fingerprint density at radius 2 is 1.90 bits per heavy atom. The fourth-order valence-corrected chi connectivity index (χ4v) is 1.78. The van der Waals surface area contributed by atoms with Crippen LogP contribution in [0.2, 0.25) is 0 Å². The summed E-state index contributed by atoms with van der Waals surface area (Å²) >= 11 is 0. The minimum absolute atomic E-state index is 0.440. The third kappa shape index (κ3) is 4.22. The Kier molecular flexibility index (Phi) is 5.60. The van der Waals surface area contributed by atoms with Crippen molar-refractivity contribution in [3.63, 3.8) is 0 Å². The molecule has 1 heterocycles. The van der Waals surface area contributed by atoms with Gasteiger partial charge in [0.25, 0.3) is 0 Å². The van der Waals surface area contributed by atoms with Crippen LogP contribution in [0, 0.1) is 0 Å². The van der Waals surface area contributed by atoms with Gasteiger partial charge in [-0.05, 0) is 18.6 Å². The highest BCUT2D eigenvalue weighted by atomic mass is 16.5. The van der Waals surface area contributed by atoms with Crippen LogP contribution in [0.15, 0.2) is 36.7 Å². The van der Waals surface area contributed by atoms with Crippen LogP contribution in [0.3, 0.4) is 0 Å². The molecule has 1 aromatic carbocycles. The molecule has 0 aliphatic rings. The van der Waals surface area contributed by atoms with Gasteiger partial charge in [0.05, 0.1) is 13.7 Å². The number of hydrazine groups is 1. The zero-order valence-corrected chi connectivity index (χ0v) is 11.9. The molecule has 2 aromatic rings. The van der Waals surface area contributed by atoms with E-state index in [1.165, 1.54) is 6.33 Å². The van der Waals surface area contributed by atoms with Crippen molar-refractivity contribution in [1.82, 2.24) is 9.97 Å². The Bertz CT molecular complexity index is 550. The molecule has 0 radical (unpaired) electrons. The Morgan fingerprint density at radius 1 is 1.14 bits per heavy atom. The van der Waals surface area contributed by atoms with E-state index < -0.39 is 0 Å². The number of methoxy groups -OCH3 is 1. The number of hydrogen-bond acceptors (Lipinski definition) is 7. The van der Waals surface area contributed by atoms with Gasteiger partial charge in [0.1, 0.15) is 12.1 Å². The second-order valence-corrected chi connectivity index (χ2v) is 4.19. The number of para-hydroxylation sites is 1. The molecule has 0 saturated carbocycles. The SMILES string of the molecule is COc1c(NN)ncnc1NCCCOc1ccccc1. The largest absolute Gasteiger partial charge is 0.494 e. The Morgan fingerprint density at radius 3 is 2.62 bits per heavy atom. The highest BCUT2D eigenvalue weighted by Gasteiger charge is 2.10. The topological polar surface area (TPSA) is 94.3 Å². The van der Waals surface area contributed by atoms with Crippen LogP contribution in [0.4, 0.5) is 11.6 Å². The van der Waals surface area contributed by atoms with Gasteiger partial charge in [-0.2, -0.15) is 0 Å². The number of nitrogen functional groups attached to an aromatic ring is 1. The minimum Gasteiger partial charge on any atom is -0.494 e. The molecular weight excluding hydrogens is 270 g/mol. The van der Waals surface area contributed by atoms with E-state index in [9.17, 15) is 0 Å². The van der Waals surface area contributed by atoms with E-state index in [0.717, 1.165) is 12.2 Å². The molecule has 0 amide bonds. The number of anilines is 2. The lowest BCUT2D eigenvalue weighted by Crippen LogP contribution is -2.13. The lowest BCUT2D eigenvalue weighted by atomic mass is 10.3. The highest BCUT2D eigenvalue weighted by molar-refractivity contribution is 5.62. The van der Waals surface area contributed by atoms with Crippen molar-refractivity contribution in [3.05, 3.63) is 36.7 Å². The van der Waals surface area contributed by atoms with Gasteiger partial charge in [-0.3, -0.25) is 0 Å². The summed E-state index contributed by atoms with van der Waals surface area (Å²) in [6.45, 7) is 1.32. The van der Waals surface area contributed by atoms with Gasteiger partial charge >= 0.3 is 0 Å². The zero-order valence-electron chi connectivity index (χ0n) is 11.9. The molecule has 0 bridgehead atoms. The molecule has 0 unspecified atom stereocenters.